The molecule has 2 aliphatic heterocycles. The molecule has 1 amide bonds. The van der Waals surface area contributed by atoms with Gasteiger partial charge >= 0.3 is 5.97 Å². The Balaban J connectivity index is 1.06. The molecular formula is C34H32N2O6S3. The molecule has 4 aromatic rings. The van der Waals surface area contributed by atoms with E-state index in [0.717, 1.165) is 51.2 Å². The summed E-state index contributed by atoms with van der Waals surface area (Å²) in [6.07, 6.45) is 2.49. The number of benzene rings is 3. The average molecular weight is 661 g/mol. The van der Waals surface area contributed by atoms with Crippen molar-refractivity contribution in [2.24, 2.45) is 0 Å². The molecule has 11 heteroatoms. The highest BCUT2D eigenvalue weighted by Gasteiger charge is 2.31. The molecule has 1 N–H and O–H groups in total. The minimum atomic E-state index is -0.971. The van der Waals surface area contributed by atoms with E-state index in [9.17, 15) is 14.7 Å². The first-order valence-corrected chi connectivity index (χ1v) is 16.7. The smallest absolute Gasteiger partial charge is 0.335 e. The van der Waals surface area contributed by atoms with Crippen LogP contribution in [0.3, 0.4) is 0 Å². The first-order chi connectivity index (χ1) is 21.9. The molecule has 3 aromatic carbocycles. The number of thiocarbonyl (C=S) groups is 1. The van der Waals surface area contributed by atoms with Gasteiger partial charge in [-0.3, -0.25) is 14.6 Å². The maximum absolute atomic E-state index is 13.3. The van der Waals surface area contributed by atoms with Crippen LogP contribution in [0.2, 0.25) is 0 Å². The lowest BCUT2D eigenvalue weighted by atomic mass is 10.0. The van der Waals surface area contributed by atoms with Crippen molar-refractivity contribution in [1.82, 2.24) is 9.80 Å². The summed E-state index contributed by atoms with van der Waals surface area (Å²) in [5.41, 5.74) is 3.26. The molecule has 2 saturated heterocycles. The standard InChI is InChI=1S/C34H32N2O6S3/c1-40-28-7-5-22-15-23(3-4-24(22)17-28)27-18-29(44-21-27)19-31-32(37)36(34(43)45-31)9-2-12-42-30-8-6-25(33(38)39)16-26(30)20-35-10-13-41-14-11-35/h3-8,15-19,21H,2,9-14,20H2,1H3,(H,38,39). The summed E-state index contributed by atoms with van der Waals surface area (Å²) in [4.78, 5) is 30.3. The number of aromatic carboxylic acids is 1. The quantitative estimate of drug-likeness (QED) is 0.106. The molecule has 0 aliphatic carbocycles. The van der Waals surface area contributed by atoms with Gasteiger partial charge in [0.15, 0.2) is 0 Å². The molecule has 1 aromatic heterocycles. The van der Waals surface area contributed by atoms with Gasteiger partial charge in [-0.05, 0) is 82.2 Å². The first kappa shape index (κ1) is 31.3. The topological polar surface area (TPSA) is 88.5 Å². The highest BCUT2D eigenvalue weighted by molar-refractivity contribution is 8.26. The highest BCUT2D eigenvalue weighted by Crippen LogP contribution is 2.36. The molecule has 0 atom stereocenters. The molecule has 45 heavy (non-hydrogen) atoms. The maximum Gasteiger partial charge on any atom is 0.335 e. The normalized spacial score (nSPS) is 16.6. The molecule has 0 spiro atoms. The third-order valence-corrected chi connectivity index (χ3v) is 9.99. The third kappa shape index (κ3) is 7.40. The minimum Gasteiger partial charge on any atom is -0.497 e. The number of thiophene rings is 1. The van der Waals surface area contributed by atoms with E-state index in [4.69, 9.17) is 26.4 Å². The first-order valence-electron chi connectivity index (χ1n) is 14.6. The fourth-order valence-corrected chi connectivity index (χ4v) is 7.54. The monoisotopic (exact) mass is 660 g/mol. The summed E-state index contributed by atoms with van der Waals surface area (Å²) in [6.45, 7) is 4.26. The number of carbonyl (C=O) groups is 2. The number of carboxylic acids is 1. The summed E-state index contributed by atoms with van der Waals surface area (Å²) >= 11 is 8.47. The minimum absolute atomic E-state index is 0.0987. The molecule has 2 fully saturated rings. The van der Waals surface area contributed by atoms with Gasteiger partial charge in [0, 0.05) is 36.6 Å². The molecular weight excluding hydrogens is 629 g/mol. The zero-order chi connectivity index (χ0) is 31.3. The largest absolute Gasteiger partial charge is 0.497 e. The van der Waals surface area contributed by atoms with Crippen molar-refractivity contribution >= 4 is 68.4 Å². The van der Waals surface area contributed by atoms with Gasteiger partial charge in [-0.2, -0.15) is 0 Å². The molecule has 3 heterocycles. The predicted molar refractivity (Wildman–Crippen MR) is 183 cm³/mol. The van der Waals surface area contributed by atoms with E-state index >= 15 is 0 Å². The van der Waals surface area contributed by atoms with E-state index in [-0.39, 0.29) is 11.5 Å². The van der Waals surface area contributed by atoms with Crippen LogP contribution in [0.15, 0.2) is 70.9 Å². The summed E-state index contributed by atoms with van der Waals surface area (Å²) in [7, 11) is 1.67. The van der Waals surface area contributed by atoms with Gasteiger partial charge in [-0.15, -0.1) is 11.3 Å². The number of thioether (sulfide) groups is 1. The lowest BCUT2D eigenvalue weighted by molar-refractivity contribution is -0.122. The number of nitrogens with zero attached hydrogens (tertiary/aromatic N) is 2. The van der Waals surface area contributed by atoms with E-state index in [1.807, 2.05) is 18.2 Å². The number of fused-ring (bicyclic) bond motifs is 1. The van der Waals surface area contributed by atoms with Gasteiger partial charge < -0.3 is 19.3 Å². The van der Waals surface area contributed by atoms with Crippen LogP contribution in [-0.2, 0) is 16.1 Å². The van der Waals surface area contributed by atoms with Crippen molar-refractivity contribution in [3.63, 3.8) is 0 Å². The van der Waals surface area contributed by atoms with E-state index in [2.05, 4.69) is 40.6 Å². The molecule has 0 bridgehead atoms. The third-order valence-electron chi connectivity index (χ3n) is 7.74. The summed E-state index contributed by atoms with van der Waals surface area (Å²) in [5, 5.41) is 13.8. The number of ether oxygens (including phenoxy) is 3. The Labute approximate surface area is 275 Å². The predicted octanol–water partition coefficient (Wildman–Crippen LogP) is 6.78. The number of amides is 1. The Morgan fingerprint density at radius 3 is 2.64 bits per heavy atom. The van der Waals surface area contributed by atoms with E-state index < -0.39 is 5.97 Å². The SMILES string of the molecule is COc1ccc2cc(-c3csc(C=C4SC(=S)N(CCCOc5ccc(C(=O)O)cc5CN5CCOCC5)C4=O)c3)ccc2c1. The van der Waals surface area contributed by atoms with E-state index in [0.29, 0.717) is 54.3 Å². The number of carbonyl (C=O) groups excluding carboxylic acids is 1. The molecule has 2 aliphatic rings. The maximum atomic E-state index is 13.3. The fourth-order valence-electron chi connectivity index (χ4n) is 5.31. The lowest BCUT2D eigenvalue weighted by Gasteiger charge is -2.27. The number of rotatable bonds is 11. The van der Waals surface area contributed by atoms with Crippen LogP contribution in [0.1, 0.15) is 27.2 Å². The second-order valence-corrected chi connectivity index (χ2v) is 13.3. The van der Waals surface area contributed by atoms with Crippen LogP contribution in [0.5, 0.6) is 11.5 Å². The number of hydrogen-bond donors (Lipinski definition) is 1. The summed E-state index contributed by atoms with van der Waals surface area (Å²) in [5.74, 6) is 0.412. The van der Waals surface area contributed by atoms with E-state index in [1.165, 1.54) is 11.8 Å². The molecule has 0 radical (unpaired) electrons. The zero-order valence-electron chi connectivity index (χ0n) is 24.7. The van der Waals surface area contributed by atoms with Crippen LogP contribution in [0.4, 0.5) is 0 Å². The Morgan fingerprint density at radius 2 is 1.84 bits per heavy atom. The molecule has 8 nitrogen and oxygen atoms in total. The van der Waals surface area contributed by atoms with Crippen LogP contribution in [0, 0.1) is 0 Å². The van der Waals surface area contributed by atoms with Gasteiger partial charge in [0.25, 0.3) is 5.91 Å². The second-order valence-electron chi connectivity index (χ2n) is 10.7. The van der Waals surface area contributed by atoms with Crippen molar-refractivity contribution in [1.29, 1.82) is 0 Å². The highest BCUT2D eigenvalue weighted by atomic mass is 32.2. The van der Waals surface area contributed by atoms with Gasteiger partial charge in [0.2, 0.25) is 0 Å². The Hall–Kier alpha value is -3.74. The average Bonchev–Trinajstić information content (AvgIpc) is 3.63. The number of hydrogen-bond acceptors (Lipinski definition) is 9. The van der Waals surface area contributed by atoms with Crippen LogP contribution >= 0.6 is 35.3 Å². The van der Waals surface area contributed by atoms with Gasteiger partial charge in [0.05, 0.1) is 37.4 Å². The molecule has 0 saturated carbocycles. The van der Waals surface area contributed by atoms with Crippen molar-refractivity contribution < 1.29 is 28.9 Å². The number of morpholine rings is 1. The second kappa shape index (κ2) is 14.1. The lowest BCUT2D eigenvalue weighted by Crippen LogP contribution is -2.35. The summed E-state index contributed by atoms with van der Waals surface area (Å²) in [6, 6.07) is 19.4. The van der Waals surface area contributed by atoms with E-state index in [1.54, 1.807) is 41.5 Å². The Morgan fingerprint density at radius 1 is 1.04 bits per heavy atom. The van der Waals surface area contributed by atoms with Crippen LogP contribution in [-0.4, -0.2) is 77.7 Å². The Kier molecular flexibility index (Phi) is 9.82. The molecule has 0 unspecified atom stereocenters. The van der Waals surface area contributed by atoms with Crippen molar-refractivity contribution in [2.75, 3.05) is 46.6 Å². The van der Waals surface area contributed by atoms with Crippen LogP contribution < -0.4 is 9.47 Å². The number of methoxy groups -OCH3 is 1. The number of carboxylic acid groups (broad SMARTS) is 1. The molecule has 232 valence electrons. The Bertz CT molecular complexity index is 1780. The van der Waals surface area contributed by atoms with Gasteiger partial charge in [0.1, 0.15) is 15.8 Å². The molecule has 6 rings (SSSR count). The zero-order valence-corrected chi connectivity index (χ0v) is 27.1. The van der Waals surface area contributed by atoms with Gasteiger partial charge in [-0.1, -0.05) is 42.2 Å². The van der Waals surface area contributed by atoms with Crippen LogP contribution in [0.25, 0.3) is 28.0 Å². The van der Waals surface area contributed by atoms with Crippen molar-refractivity contribution in [2.45, 2.75) is 13.0 Å². The summed E-state index contributed by atoms with van der Waals surface area (Å²) < 4.78 is 17.4. The fraction of sp³-hybridized carbons (Fsp3) is 0.265. The van der Waals surface area contributed by atoms with Gasteiger partial charge in [-0.25, -0.2) is 4.79 Å². The van der Waals surface area contributed by atoms with Crippen molar-refractivity contribution in [3.8, 4) is 22.6 Å². The van der Waals surface area contributed by atoms with Crippen molar-refractivity contribution in [3.05, 3.63) is 87.0 Å².